The molecule has 1 aliphatic rings. The van der Waals surface area contributed by atoms with Crippen LogP contribution in [0.5, 0.6) is 17.2 Å². The van der Waals surface area contributed by atoms with Crippen LogP contribution in [0.25, 0.3) is 10.9 Å². The van der Waals surface area contributed by atoms with Gasteiger partial charge in [0.15, 0.2) is 0 Å². The molecule has 1 aliphatic heterocycles. The predicted octanol–water partition coefficient (Wildman–Crippen LogP) is 3.41. The fourth-order valence-corrected chi connectivity index (χ4v) is 3.61. The monoisotopic (exact) mass is 361 g/mol. The number of fused-ring (bicyclic) bond motifs is 3. The van der Waals surface area contributed by atoms with E-state index in [1.165, 1.54) is 0 Å². The first-order chi connectivity index (χ1) is 13.1. The number of rotatable bonds is 3. The van der Waals surface area contributed by atoms with Crippen LogP contribution in [0.3, 0.4) is 0 Å². The molecule has 2 aromatic carbocycles. The number of nitrogens with two attached hydrogens (primary N) is 1. The van der Waals surface area contributed by atoms with Gasteiger partial charge in [-0.25, -0.2) is 0 Å². The predicted molar refractivity (Wildman–Crippen MR) is 102 cm³/mol. The molecule has 0 fully saturated rings. The van der Waals surface area contributed by atoms with Crippen molar-refractivity contribution in [2.45, 2.75) is 5.92 Å². The summed E-state index contributed by atoms with van der Waals surface area (Å²) < 4.78 is 18.7. The summed E-state index contributed by atoms with van der Waals surface area (Å²) in [6.45, 7) is 0. The van der Waals surface area contributed by atoms with E-state index in [0.717, 1.165) is 22.0 Å². The normalized spacial score (nSPS) is 15.9. The first-order valence-corrected chi connectivity index (χ1v) is 8.46. The zero-order valence-electron chi connectivity index (χ0n) is 15.3. The van der Waals surface area contributed by atoms with Crippen molar-refractivity contribution in [1.29, 1.82) is 5.26 Å². The fraction of sp³-hybridized carbons (Fsp3) is 0.190. The molecule has 0 saturated heterocycles. The van der Waals surface area contributed by atoms with Gasteiger partial charge in [0.25, 0.3) is 0 Å². The Morgan fingerprint density at radius 2 is 1.81 bits per heavy atom. The van der Waals surface area contributed by atoms with E-state index in [2.05, 4.69) is 6.07 Å². The maximum Gasteiger partial charge on any atom is 0.205 e. The summed E-state index contributed by atoms with van der Waals surface area (Å²) in [7, 11) is 5.17. The Bertz CT molecular complexity index is 1100. The maximum atomic E-state index is 9.75. The van der Waals surface area contributed by atoms with E-state index in [1.54, 1.807) is 20.3 Å². The summed E-state index contributed by atoms with van der Waals surface area (Å²) in [6.07, 6.45) is 1.97. The lowest BCUT2D eigenvalue weighted by Crippen LogP contribution is -2.21. The third kappa shape index (κ3) is 2.56. The topological polar surface area (TPSA) is 82.4 Å². The molecule has 0 spiro atoms. The standard InChI is InChI=1S/C21H19N3O3/c1-24-7-6-15-18(24)5-4-16-19(17(11-22)21(23)27-20(15)16)12-8-13(25-2)10-14(9-12)26-3/h4-10,19H,23H2,1-3H3. The van der Waals surface area contributed by atoms with Crippen molar-refractivity contribution in [3.05, 3.63) is 65.2 Å². The van der Waals surface area contributed by atoms with Gasteiger partial charge in [-0.05, 0) is 29.8 Å². The van der Waals surface area contributed by atoms with E-state index in [-0.39, 0.29) is 11.8 Å². The first kappa shape index (κ1) is 16.9. The number of hydrogen-bond acceptors (Lipinski definition) is 5. The Morgan fingerprint density at radius 3 is 2.44 bits per heavy atom. The lowest BCUT2D eigenvalue weighted by atomic mass is 9.83. The van der Waals surface area contributed by atoms with E-state index < -0.39 is 0 Å². The number of allylic oxidation sites excluding steroid dienone is 1. The van der Waals surface area contributed by atoms with Gasteiger partial charge in [-0.1, -0.05) is 6.07 Å². The second-order valence-corrected chi connectivity index (χ2v) is 6.41. The third-order valence-corrected chi connectivity index (χ3v) is 4.95. The second kappa shape index (κ2) is 6.29. The quantitative estimate of drug-likeness (QED) is 0.773. The molecule has 3 aromatic rings. The Morgan fingerprint density at radius 1 is 1.11 bits per heavy atom. The summed E-state index contributed by atoms with van der Waals surface area (Å²) in [5, 5.41) is 10.7. The lowest BCUT2D eigenvalue weighted by molar-refractivity contribution is 0.389. The average molecular weight is 361 g/mol. The highest BCUT2D eigenvalue weighted by Crippen LogP contribution is 2.46. The molecule has 0 saturated carbocycles. The summed E-state index contributed by atoms with van der Waals surface area (Å²) in [5.41, 5.74) is 9.27. The van der Waals surface area contributed by atoms with Crippen LogP contribution < -0.4 is 19.9 Å². The van der Waals surface area contributed by atoms with E-state index >= 15 is 0 Å². The van der Waals surface area contributed by atoms with Gasteiger partial charge in [0.2, 0.25) is 5.88 Å². The summed E-state index contributed by atoms with van der Waals surface area (Å²) in [6, 6.07) is 13.8. The highest BCUT2D eigenvalue weighted by Gasteiger charge is 2.32. The maximum absolute atomic E-state index is 9.75. The van der Waals surface area contributed by atoms with Gasteiger partial charge in [0, 0.05) is 30.3 Å². The minimum atomic E-state index is -0.368. The lowest BCUT2D eigenvalue weighted by Gasteiger charge is -2.27. The molecule has 2 N–H and O–H groups in total. The number of nitriles is 1. The van der Waals surface area contributed by atoms with Crippen LogP contribution in [0.15, 0.2) is 54.1 Å². The molecular formula is C21H19N3O3. The Labute approximate surface area is 157 Å². The molecule has 1 atom stereocenters. The Kier molecular flexibility index (Phi) is 3.93. The van der Waals surface area contributed by atoms with Crippen molar-refractivity contribution in [2.24, 2.45) is 12.8 Å². The fourth-order valence-electron chi connectivity index (χ4n) is 3.61. The molecule has 2 heterocycles. The number of nitrogens with zero attached hydrogens (tertiary/aromatic N) is 2. The van der Waals surface area contributed by atoms with Gasteiger partial charge in [-0.15, -0.1) is 0 Å². The molecule has 6 heteroatoms. The number of aryl methyl sites for hydroxylation is 1. The summed E-state index contributed by atoms with van der Waals surface area (Å²) >= 11 is 0. The van der Waals surface area contributed by atoms with Crippen molar-refractivity contribution in [3.63, 3.8) is 0 Å². The largest absolute Gasteiger partial charge is 0.497 e. The van der Waals surface area contributed by atoms with Crippen LogP contribution >= 0.6 is 0 Å². The van der Waals surface area contributed by atoms with Crippen molar-refractivity contribution in [2.75, 3.05) is 14.2 Å². The SMILES string of the molecule is COc1cc(OC)cc(C2C(C#N)=C(N)Oc3c2ccc2c3ccn2C)c1. The molecule has 6 nitrogen and oxygen atoms in total. The van der Waals surface area contributed by atoms with Gasteiger partial charge in [0.05, 0.1) is 25.7 Å². The molecule has 0 aliphatic carbocycles. The van der Waals surface area contributed by atoms with E-state index in [9.17, 15) is 5.26 Å². The molecule has 1 unspecified atom stereocenters. The van der Waals surface area contributed by atoms with Crippen molar-refractivity contribution >= 4 is 10.9 Å². The Hall–Kier alpha value is -3.59. The van der Waals surface area contributed by atoms with Crippen LogP contribution in [0.4, 0.5) is 0 Å². The molecule has 1 aromatic heterocycles. The number of hydrogen-bond donors (Lipinski definition) is 1. The van der Waals surface area contributed by atoms with E-state index in [1.807, 2.05) is 48.1 Å². The van der Waals surface area contributed by atoms with Crippen molar-refractivity contribution < 1.29 is 14.2 Å². The number of benzene rings is 2. The molecular weight excluding hydrogens is 342 g/mol. The van der Waals surface area contributed by atoms with Crippen LogP contribution in [0.2, 0.25) is 0 Å². The summed E-state index contributed by atoms with van der Waals surface area (Å²) in [4.78, 5) is 0. The average Bonchev–Trinajstić information content (AvgIpc) is 3.07. The molecule has 4 rings (SSSR count). The molecule has 0 bridgehead atoms. The van der Waals surface area contributed by atoms with Crippen LogP contribution in [0, 0.1) is 11.3 Å². The van der Waals surface area contributed by atoms with Gasteiger partial charge < -0.3 is 24.5 Å². The van der Waals surface area contributed by atoms with Crippen molar-refractivity contribution in [1.82, 2.24) is 4.57 Å². The van der Waals surface area contributed by atoms with Crippen LogP contribution in [-0.2, 0) is 7.05 Å². The molecule has 27 heavy (non-hydrogen) atoms. The van der Waals surface area contributed by atoms with Crippen LogP contribution in [-0.4, -0.2) is 18.8 Å². The van der Waals surface area contributed by atoms with E-state index in [4.69, 9.17) is 19.9 Å². The minimum Gasteiger partial charge on any atom is -0.497 e. The number of aromatic nitrogens is 1. The van der Waals surface area contributed by atoms with Crippen LogP contribution in [0.1, 0.15) is 17.0 Å². The highest BCUT2D eigenvalue weighted by molar-refractivity contribution is 5.89. The zero-order valence-corrected chi connectivity index (χ0v) is 15.3. The van der Waals surface area contributed by atoms with E-state index in [0.29, 0.717) is 22.8 Å². The summed E-state index contributed by atoms with van der Waals surface area (Å²) in [5.74, 6) is 1.72. The van der Waals surface area contributed by atoms with Gasteiger partial charge >= 0.3 is 0 Å². The second-order valence-electron chi connectivity index (χ2n) is 6.41. The molecule has 0 amide bonds. The van der Waals surface area contributed by atoms with Gasteiger partial charge in [-0.3, -0.25) is 0 Å². The first-order valence-electron chi connectivity index (χ1n) is 8.46. The smallest absolute Gasteiger partial charge is 0.205 e. The number of ether oxygens (including phenoxy) is 3. The van der Waals surface area contributed by atoms with Gasteiger partial charge in [-0.2, -0.15) is 5.26 Å². The van der Waals surface area contributed by atoms with Crippen molar-refractivity contribution in [3.8, 4) is 23.3 Å². The Balaban J connectivity index is 2.00. The highest BCUT2D eigenvalue weighted by atomic mass is 16.5. The third-order valence-electron chi connectivity index (χ3n) is 4.95. The van der Waals surface area contributed by atoms with Gasteiger partial charge in [0.1, 0.15) is 28.9 Å². The molecule has 0 radical (unpaired) electrons. The minimum absolute atomic E-state index is 0.119. The zero-order chi connectivity index (χ0) is 19.1. The molecule has 136 valence electrons. The number of methoxy groups -OCH3 is 2.